The largest absolute Gasteiger partial charge is 0.310 e. The third-order valence-electron chi connectivity index (χ3n) is 2.55. The molecule has 102 valence electrons. The van der Waals surface area contributed by atoms with Crippen molar-refractivity contribution in [2.45, 2.75) is 53.9 Å². The maximum atomic E-state index is 12.0. The lowest BCUT2D eigenvalue weighted by Crippen LogP contribution is -2.14. The second-order valence-electron chi connectivity index (χ2n) is 5.53. The highest BCUT2D eigenvalue weighted by Gasteiger charge is 2.16. The van der Waals surface area contributed by atoms with Crippen LogP contribution in [-0.2, 0) is 9.59 Å². The summed E-state index contributed by atoms with van der Waals surface area (Å²) in [5.74, 6) is 0.290. The SMILES string of the molecule is CC(=N)CCC(=O)/C=C(/CC(C)C)C(=O)C(C)C. The minimum absolute atomic E-state index is 0.0498. The third-order valence-corrected chi connectivity index (χ3v) is 2.55. The fourth-order valence-electron chi connectivity index (χ4n) is 1.62. The van der Waals surface area contributed by atoms with Gasteiger partial charge in [0.15, 0.2) is 11.6 Å². The van der Waals surface area contributed by atoms with Crippen molar-refractivity contribution >= 4 is 17.3 Å². The monoisotopic (exact) mass is 251 g/mol. The molecule has 0 fully saturated rings. The van der Waals surface area contributed by atoms with Gasteiger partial charge in [-0.1, -0.05) is 27.7 Å². The minimum atomic E-state index is -0.0766. The Bertz CT molecular complexity index is 352. The summed E-state index contributed by atoms with van der Waals surface area (Å²) in [5.41, 5.74) is 1.13. The van der Waals surface area contributed by atoms with Gasteiger partial charge in [-0.05, 0) is 37.3 Å². The molecule has 1 N–H and O–H groups in total. The highest BCUT2D eigenvalue weighted by molar-refractivity contribution is 6.04. The number of carbonyl (C=O) groups is 2. The Balaban J connectivity index is 4.78. The molecule has 0 unspecified atom stereocenters. The van der Waals surface area contributed by atoms with E-state index in [1.165, 1.54) is 6.08 Å². The van der Waals surface area contributed by atoms with Crippen LogP contribution in [0.25, 0.3) is 0 Å². The van der Waals surface area contributed by atoms with E-state index >= 15 is 0 Å². The number of ketones is 2. The lowest BCUT2D eigenvalue weighted by atomic mass is 9.92. The summed E-state index contributed by atoms with van der Waals surface area (Å²) >= 11 is 0. The number of allylic oxidation sites excluding steroid dienone is 2. The van der Waals surface area contributed by atoms with Crippen molar-refractivity contribution < 1.29 is 9.59 Å². The van der Waals surface area contributed by atoms with Gasteiger partial charge < -0.3 is 5.41 Å². The van der Waals surface area contributed by atoms with E-state index in [0.717, 1.165) is 0 Å². The van der Waals surface area contributed by atoms with Gasteiger partial charge >= 0.3 is 0 Å². The van der Waals surface area contributed by atoms with Crippen LogP contribution >= 0.6 is 0 Å². The van der Waals surface area contributed by atoms with Crippen molar-refractivity contribution in [1.82, 2.24) is 0 Å². The molecule has 0 atom stereocenters. The van der Waals surface area contributed by atoms with Gasteiger partial charge in [0, 0.05) is 18.1 Å². The normalized spacial score (nSPS) is 12.1. The molecule has 3 nitrogen and oxygen atoms in total. The fraction of sp³-hybridized carbons (Fsp3) is 0.667. The van der Waals surface area contributed by atoms with Crippen LogP contribution in [0.4, 0.5) is 0 Å². The summed E-state index contributed by atoms with van der Waals surface area (Å²) in [6.07, 6.45) is 2.93. The van der Waals surface area contributed by atoms with Crippen LogP contribution in [0.3, 0.4) is 0 Å². The predicted octanol–water partition coefficient (Wildman–Crippen LogP) is 3.57. The molecule has 0 aromatic heterocycles. The van der Waals surface area contributed by atoms with Crippen LogP contribution in [0.2, 0.25) is 0 Å². The first-order chi connectivity index (χ1) is 8.23. The Hall–Kier alpha value is -1.25. The van der Waals surface area contributed by atoms with Crippen molar-refractivity contribution in [3.8, 4) is 0 Å². The maximum Gasteiger partial charge on any atom is 0.161 e. The summed E-state index contributed by atoms with van der Waals surface area (Å²) in [4.78, 5) is 23.7. The van der Waals surface area contributed by atoms with Crippen LogP contribution in [0.5, 0.6) is 0 Å². The van der Waals surface area contributed by atoms with Gasteiger partial charge in [-0.15, -0.1) is 0 Å². The molecule has 3 heteroatoms. The topological polar surface area (TPSA) is 58.0 Å². The zero-order valence-electron chi connectivity index (χ0n) is 12.2. The van der Waals surface area contributed by atoms with Crippen molar-refractivity contribution in [2.75, 3.05) is 0 Å². The molecule has 0 spiro atoms. The van der Waals surface area contributed by atoms with E-state index in [1.54, 1.807) is 6.92 Å². The van der Waals surface area contributed by atoms with Crippen LogP contribution in [0.1, 0.15) is 53.9 Å². The van der Waals surface area contributed by atoms with Crippen molar-refractivity contribution in [1.29, 1.82) is 5.41 Å². The lowest BCUT2D eigenvalue weighted by molar-refractivity contribution is -0.119. The van der Waals surface area contributed by atoms with Crippen molar-refractivity contribution in [2.24, 2.45) is 11.8 Å². The first-order valence-corrected chi connectivity index (χ1v) is 6.55. The molecule has 0 aromatic rings. The number of carbonyl (C=O) groups excluding carboxylic acids is 2. The van der Waals surface area contributed by atoms with Crippen LogP contribution in [-0.4, -0.2) is 17.3 Å². The number of hydrogen-bond acceptors (Lipinski definition) is 3. The number of hydrogen-bond donors (Lipinski definition) is 1. The summed E-state index contributed by atoms with van der Waals surface area (Å²) in [5, 5.41) is 7.30. The van der Waals surface area contributed by atoms with Gasteiger partial charge in [0.1, 0.15) is 0 Å². The quantitative estimate of drug-likeness (QED) is 0.529. The fourth-order valence-corrected chi connectivity index (χ4v) is 1.62. The lowest BCUT2D eigenvalue weighted by Gasteiger charge is -2.11. The molecule has 0 heterocycles. The Morgan fingerprint density at radius 2 is 1.67 bits per heavy atom. The molecule has 18 heavy (non-hydrogen) atoms. The Labute approximate surface area is 110 Å². The Morgan fingerprint density at radius 1 is 1.11 bits per heavy atom. The molecule has 0 bridgehead atoms. The summed E-state index contributed by atoms with van der Waals surface area (Å²) < 4.78 is 0. The first kappa shape index (κ1) is 16.8. The van der Waals surface area contributed by atoms with Gasteiger partial charge in [-0.25, -0.2) is 0 Å². The van der Waals surface area contributed by atoms with Gasteiger partial charge in [-0.3, -0.25) is 9.59 Å². The van der Waals surface area contributed by atoms with E-state index in [4.69, 9.17) is 5.41 Å². The second kappa shape index (κ2) is 7.96. The molecule has 0 aliphatic heterocycles. The highest BCUT2D eigenvalue weighted by Crippen LogP contribution is 2.16. The zero-order chi connectivity index (χ0) is 14.3. The average Bonchev–Trinajstić information content (AvgIpc) is 2.23. The molecule has 0 aliphatic rings. The summed E-state index contributed by atoms with van der Waals surface area (Å²) in [6, 6.07) is 0. The maximum absolute atomic E-state index is 12.0. The van der Waals surface area contributed by atoms with Gasteiger partial charge in [0.2, 0.25) is 0 Å². The number of nitrogens with one attached hydrogen (secondary N) is 1. The number of Topliss-reactive ketones (excluding diaryl/α,β-unsaturated/α-hetero) is 1. The molecular formula is C15H25NO2. The van der Waals surface area contributed by atoms with Crippen LogP contribution in [0.15, 0.2) is 11.6 Å². The molecule has 0 saturated carbocycles. The van der Waals surface area contributed by atoms with E-state index in [9.17, 15) is 9.59 Å². The average molecular weight is 251 g/mol. The number of rotatable bonds is 8. The van der Waals surface area contributed by atoms with Gasteiger partial charge in [0.05, 0.1) is 0 Å². The zero-order valence-corrected chi connectivity index (χ0v) is 12.2. The van der Waals surface area contributed by atoms with Gasteiger partial charge in [-0.2, -0.15) is 0 Å². The molecule has 0 aromatic carbocycles. The van der Waals surface area contributed by atoms with Gasteiger partial charge in [0.25, 0.3) is 0 Å². The molecule has 0 aliphatic carbocycles. The highest BCUT2D eigenvalue weighted by atomic mass is 16.1. The van der Waals surface area contributed by atoms with E-state index in [-0.39, 0.29) is 17.5 Å². The molecular weight excluding hydrogens is 226 g/mol. The Morgan fingerprint density at radius 3 is 2.06 bits per heavy atom. The third kappa shape index (κ3) is 7.15. The van der Waals surface area contributed by atoms with E-state index < -0.39 is 0 Å². The molecule has 0 saturated heterocycles. The molecule has 0 radical (unpaired) electrons. The molecule has 0 rings (SSSR count). The van der Waals surface area contributed by atoms with Crippen molar-refractivity contribution in [3.63, 3.8) is 0 Å². The molecule has 0 amide bonds. The second-order valence-corrected chi connectivity index (χ2v) is 5.53. The van der Waals surface area contributed by atoms with E-state index in [2.05, 4.69) is 0 Å². The Kier molecular flexibility index (Phi) is 7.41. The minimum Gasteiger partial charge on any atom is -0.310 e. The predicted molar refractivity (Wildman–Crippen MR) is 75.0 cm³/mol. The van der Waals surface area contributed by atoms with E-state index in [1.807, 2.05) is 27.7 Å². The smallest absolute Gasteiger partial charge is 0.161 e. The first-order valence-electron chi connectivity index (χ1n) is 6.55. The standard InChI is InChI=1S/C15H25NO2/c1-10(2)8-13(15(18)11(3)4)9-14(17)7-6-12(5)16/h9-11,16H,6-8H2,1-5H3/b13-9-,16-12?. The van der Waals surface area contributed by atoms with Crippen LogP contribution in [0, 0.1) is 17.2 Å². The van der Waals surface area contributed by atoms with Crippen LogP contribution < -0.4 is 0 Å². The van der Waals surface area contributed by atoms with E-state index in [0.29, 0.717) is 36.5 Å². The van der Waals surface area contributed by atoms with Crippen molar-refractivity contribution in [3.05, 3.63) is 11.6 Å². The summed E-state index contributed by atoms with van der Waals surface area (Å²) in [6.45, 7) is 9.46. The summed E-state index contributed by atoms with van der Waals surface area (Å²) in [7, 11) is 0.